The van der Waals surface area contributed by atoms with E-state index < -0.39 is 61.3 Å². The zero-order valence-electron chi connectivity index (χ0n) is 40.0. The molecule has 1 heterocycles. The van der Waals surface area contributed by atoms with Gasteiger partial charge in [0.25, 0.3) is 0 Å². The van der Waals surface area contributed by atoms with Gasteiger partial charge in [-0.15, -0.1) is 0 Å². The lowest BCUT2D eigenvalue weighted by atomic mass is 9.99. The van der Waals surface area contributed by atoms with Gasteiger partial charge in [-0.1, -0.05) is 177 Å². The van der Waals surface area contributed by atoms with E-state index in [9.17, 15) is 34.8 Å². The Balaban J connectivity index is 2.31. The van der Waals surface area contributed by atoms with Crippen molar-refractivity contribution >= 4 is 17.9 Å². The molecule has 11 nitrogen and oxygen atoms in total. The number of carbonyl (C=O) groups excluding carboxylic acids is 2. The maximum atomic E-state index is 12.8. The molecular weight excluding hydrogens is 813 g/mol. The molecule has 1 aliphatic heterocycles. The monoisotopic (exact) mass is 903 g/mol. The van der Waals surface area contributed by atoms with Gasteiger partial charge in [0, 0.05) is 12.8 Å². The number of aliphatic hydroxyl groups excluding tert-OH is 3. The minimum absolute atomic E-state index is 0.171. The first-order valence-electron chi connectivity index (χ1n) is 25.3. The number of allylic oxidation sites excluding steroid dienone is 10. The van der Waals surface area contributed by atoms with Gasteiger partial charge in [0.15, 0.2) is 18.5 Å². The van der Waals surface area contributed by atoms with Crippen LogP contribution >= 0.6 is 0 Å². The quantitative estimate of drug-likeness (QED) is 0.0261. The molecule has 0 aromatic carbocycles. The third kappa shape index (κ3) is 33.4. The van der Waals surface area contributed by atoms with Gasteiger partial charge in [-0.25, -0.2) is 4.79 Å². The summed E-state index contributed by atoms with van der Waals surface area (Å²) in [4.78, 5) is 36.9. The first kappa shape index (κ1) is 58.9. The predicted octanol–water partition coefficient (Wildman–Crippen LogP) is 11.9. The summed E-state index contributed by atoms with van der Waals surface area (Å²) in [5.41, 5.74) is 0. The van der Waals surface area contributed by atoms with Crippen LogP contribution in [0.15, 0.2) is 60.8 Å². The van der Waals surface area contributed by atoms with E-state index in [4.69, 9.17) is 18.9 Å². The van der Waals surface area contributed by atoms with Crippen LogP contribution in [0.25, 0.3) is 0 Å². The fourth-order valence-corrected chi connectivity index (χ4v) is 7.39. The van der Waals surface area contributed by atoms with Crippen molar-refractivity contribution in [1.29, 1.82) is 0 Å². The van der Waals surface area contributed by atoms with E-state index in [0.717, 1.165) is 57.8 Å². The molecule has 0 aromatic rings. The summed E-state index contributed by atoms with van der Waals surface area (Å²) in [7, 11) is 0. The molecule has 0 aromatic heterocycles. The maximum absolute atomic E-state index is 12.8. The van der Waals surface area contributed by atoms with E-state index in [1.165, 1.54) is 109 Å². The van der Waals surface area contributed by atoms with Crippen LogP contribution in [0.4, 0.5) is 0 Å². The zero-order valence-corrected chi connectivity index (χ0v) is 40.0. The summed E-state index contributed by atoms with van der Waals surface area (Å²) in [5.74, 6) is -2.50. The first-order valence-corrected chi connectivity index (χ1v) is 25.3. The number of carboxylic acids is 1. The minimum atomic E-state index is -1.87. The molecule has 64 heavy (non-hydrogen) atoms. The van der Waals surface area contributed by atoms with E-state index in [1.54, 1.807) is 0 Å². The van der Waals surface area contributed by atoms with Gasteiger partial charge in [-0.05, 0) is 77.0 Å². The van der Waals surface area contributed by atoms with Crippen LogP contribution in [-0.2, 0) is 33.3 Å². The van der Waals surface area contributed by atoms with E-state index in [1.807, 2.05) is 0 Å². The zero-order chi connectivity index (χ0) is 46.7. The standard InChI is InChI=1S/C53H90O11/c1-3-5-7-9-11-13-15-17-19-20-21-22-23-24-25-26-28-30-32-34-36-38-40-42-47(55)63-45(44-62-53-50(58)48(56)49(57)51(64-53)52(59)60)43-61-46(54)41-39-37-35-33-31-29-27-18-16-14-12-10-8-6-4-2/h6,8,12,14,18,20-21,27,31,33,45,48-51,53,56-58H,3-5,7,9-11,13,15-17,19,22-26,28-30,32,34-44H2,1-2H3,(H,59,60)/b8-6-,14-12-,21-20-,27-18-,33-31-. The average Bonchev–Trinajstić information content (AvgIpc) is 3.28. The predicted molar refractivity (Wildman–Crippen MR) is 257 cm³/mol. The molecular formula is C53H90O11. The van der Waals surface area contributed by atoms with Crippen LogP contribution in [0, 0.1) is 0 Å². The van der Waals surface area contributed by atoms with Gasteiger partial charge in [0.1, 0.15) is 24.9 Å². The van der Waals surface area contributed by atoms with E-state index in [0.29, 0.717) is 12.8 Å². The van der Waals surface area contributed by atoms with Gasteiger partial charge >= 0.3 is 17.9 Å². The van der Waals surface area contributed by atoms with E-state index >= 15 is 0 Å². The lowest BCUT2D eigenvalue weighted by molar-refractivity contribution is -0.298. The second kappa shape index (κ2) is 42.5. The largest absolute Gasteiger partial charge is 0.479 e. The normalized spacial score (nSPS) is 19.8. The fraction of sp³-hybridized carbons (Fsp3) is 0.755. The lowest BCUT2D eigenvalue weighted by Gasteiger charge is -2.38. The van der Waals surface area contributed by atoms with Gasteiger partial charge < -0.3 is 39.4 Å². The minimum Gasteiger partial charge on any atom is -0.479 e. The highest BCUT2D eigenvalue weighted by molar-refractivity contribution is 5.73. The lowest BCUT2D eigenvalue weighted by Crippen LogP contribution is -2.60. The number of ether oxygens (including phenoxy) is 4. The average molecular weight is 903 g/mol. The molecule has 0 saturated carbocycles. The number of aliphatic carboxylic acids is 1. The molecule has 1 rings (SSSR count). The van der Waals surface area contributed by atoms with Crippen molar-refractivity contribution < 1.29 is 53.8 Å². The summed E-state index contributed by atoms with van der Waals surface area (Å²) in [6.45, 7) is 3.68. The molecule has 0 bridgehead atoms. The SMILES string of the molecule is CC/C=C\C/C=C\C/C=C\C/C=C\CCCCC(=O)OCC(COC1OC(C(=O)O)C(O)C(O)C1O)OC(=O)CCCCCCCCCCCCC/C=C\CCCCCCCCCC. The van der Waals surface area contributed by atoms with Crippen molar-refractivity contribution in [3.05, 3.63) is 60.8 Å². The number of aliphatic hydroxyl groups is 3. The van der Waals surface area contributed by atoms with Gasteiger partial charge in [-0.2, -0.15) is 0 Å². The van der Waals surface area contributed by atoms with Crippen LogP contribution in [0.2, 0.25) is 0 Å². The molecule has 1 saturated heterocycles. The molecule has 1 aliphatic rings. The van der Waals surface area contributed by atoms with E-state index in [2.05, 4.69) is 74.6 Å². The van der Waals surface area contributed by atoms with Crippen molar-refractivity contribution in [1.82, 2.24) is 0 Å². The molecule has 6 atom stereocenters. The first-order chi connectivity index (χ1) is 31.2. The van der Waals surface area contributed by atoms with Crippen LogP contribution in [0.3, 0.4) is 0 Å². The topological polar surface area (TPSA) is 169 Å². The van der Waals surface area contributed by atoms with Crippen LogP contribution in [0.5, 0.6) is 0 Å². The molecule has 4 N–H and O–H groups in total. The van der Waals surface area contributed by atoms with Crippen LogP contribution in [-0.4, -0.2) is 88.4 Å². The number of hydrogen-bond acceptors (Lipinski definition) is 10. The highest BCUT2D eigenvalue weighted by Gasteiger charge is 2.47. The molecule has 368 valence electrons. The molecule has 0 amide bonds. The molecule has 0 radical (unpaired) electrons. The number of hydrogen-bond donors (Lipinski definition) is 4. The Morgan fingerprint density at radius 2 is 0.922 bits per heavy atom. The van der Waals surface area contributed by atoms with Crippen LogP contribution < -0.4 is 0 Å². The summed E-state index contributed by atoms with van der Waals surface area (Å²) < 4.78 is 21.8. The highest BCUT2D eigenvalue weighted by atomic mass is 16.7. The Morgan fingerprint density at radius 3 is 1.44 bits per heavy atom. The van der Waals surface area contributed by atoms with Gasteiger partial charge in [0.2, 0.25) is 0 Å². The molecule has 1 fully saturated rings. The third-order valence-electron chi connectivity index (χ3n) is 11.4. The van der Waals surface area contributed by atoms with Crippen molar-refractivity contribution in [3.63, 3.8) is 0 Å². The molecule has 6 unspecified atom stereocenters. The Hall–Kier alpha value is -3.09. The van der Waals surface area contributed by atoms with Gasteiger partial charge in [0.05, 0.1) is 6.61 Å². The van der Waals surface area contributed by atoms with Crippen molar-refractivity contribution in [2.45, 2.75) is 243 Å². The maximum Gasteiger partial charge on any atom is 0.335 e. The molecule has 11 heteroatoms. The van der Waals surface area contributed by atoms with Crippen LogP contribution in [0.1, 0.15) is 206 Å². The Kier molecular flexibility index (Phi) is 39.2. The molecule has 0 spiro atoms. The van der Waals surface area contributed by atoms with Crippen molar-refractivity contribution in [2.24, 2.45) is 0 Å². The van der Waals surface area contributed by atoms with E-state index in [-0.39, 0.29) is 19.4 Å². The summed E-state index contributed by atoms with van der Waals surface area (Å²) in [6, 6.07) is 0. The highest BCUT2D eigenvalue weighted by Crippen LogP contribution is 2.23. The third-order valence-corrected chi connectivity index (χ3v) is 11.4. The Bertz CT molecular complexity index is 1290. The number of carboxylic acid groups (broad SMARTS) is 1. The van der Waals surface area contributed by atoms with Crippen molar-refractivity contribution in [2.75, 3.05) is 13.2 Å². The Labute approximate surface area is 387 Å². The fourth-order valence-electron chi connectivity index (χ4n) is 7.39. The second-order valence-corrected chi connectivity index (χ2v) is 17.3. The summed E-state index contributed by atoms with van der Waals surface area (Å²) in [6.07, 6.45) is 44.2. The smallest absolute Gasteiger partial charge is 0.335 e. The van der Waals surface area contributed by atoms with Gasteiger partial charge in [-0.3, -0.25) is 9.59 Å². The summed E-state index contributed by atoms with van der Waals surface area (Å²) >= 11 is 0. The second-order valence-electron chi connectivity index (χ2n) is 17.3. The number of esters is 2. The Morgan fingerprint density at radius 1 is 0.500 bits per heavy atom. The van der Waals surface area contributed by atoms with Crippen molar-refractivity contribution in [3.8, 4) is 0 Å². The summed E-state index contributed by atoms with van der Waals surface area (Å²) in [5, 5.41) is 39.9. The molecule has 0 aliphatic carbocycles. The number of unbranched alkanes of at least 4 members (excludes halogenated alkanes) is 21. The number of rotatable bonds is 42. The number of carbonyl (C=O) groups is 3.